The molecule has 6 heteroatoms. The number of carbonyl (C=O) groups is 2. The molecular weight excluding hydrogens is 431 g/mol. The third-order valence-corrected chi connectivity index (χ3v) is 6.81. The van der Waals surface area contributed by atoms with Gasteiger partial charge < -0.3 is 4.90 Å². The predicted octanol–water partition coefficient (Wildman–Crippen LogP) is 5.87. The van der Waals surface area contributed by atoms with Crippen molar-refractivity contribution in [3.8, 4) is 0 Å². The summed E-state index contributed by atoms with van der Waals surface area (Å²) in [4.78, 5) is 30.9. The molecule has 162 valence electrons. The van der Waals surface area contributed by atoms with Gasteiger partial charge in [-0.3, -0.25) is 9.59 Å². The lowest BCUT2D eigenvalue weighted by molar-refractivity contribution is -0.120. The summed E-state index contributed by atoms with van der Waals surface area (Å²) < 4.78 is 0. The third-order valence-electron chi connectivity index (χ3n) is 6.26. The molecule has 0 bridgehead atoms. The maximum atomic E-state index is 13.8. The van der Waals surface area contributed by atoms with Crippen molar-refractivity contribution < 1.29 is 9.59 Å². The number of anilines is 1. The van der Waals surface area contributed by atoms with Crippen LogP contribution in [0.4, 0.5) is 5.69 Å². The van der Waals surface area contributed by atoms with Crippen molar-refractivity contribution in [1.29, 1.82) is 0 Å². The molecule has 2 aromatic rings. The third kappa shape index (κ3) is 3.88. The fourth-order valence-corrected chi connectivity index (χ4v) is 5.29. The maximum absolute atomic E-state index is 13.8. The molecule has 2 unspecified atom stereocenters. The summed E-state index contributed by atoms with van der Waals surface area (Å²) in [5.74, 6) is 0.219. The first-order chi connectivity index (χ1) is 14.7. The van der Waals surface area contributed by atoms with Crippen LogP contribution in [-0.4, -0.2) is 29.8 Å². The van der Waals surface area contributed by atoms with E-state index in [0.29, 0.717) is 44.4 Å². The van der Waals surface area contributed by atoms with Crippen molar-refractivity contribution in [2.75, 3.05) is 18.0 Å². The van der Waals surface area contributed by atoms with Crippen LogP contribution in [0.3, 0.4) is 0 Å². The fourth-order valence-electron chi connectivity index (χ4n) is 4.79. The Kier molecular flexibility index (Phi) is 5.89. The quantitative estimate of drug-likeness (QED) is 0.541. The van der Waals surface area contributed by atoms with Crippen LogP contribution in [-0.2, 0) is 9.59 Å². The van der Waals surface area contributed by atoms with E-state index in [4.69, 9.17) is 23.2 Å². The van der Waals surface area contributed by atoms with Crippen LogP contribution >= 0.6 is 23.2 Å². The van der Waals surface area contributed by atoms with Gasteiger partial charge in [0.2, 0.25) is 0 Å². The summed E-state index contributed by atoms with van der Waals surface area (Å²) in [6, 6.07) is 10.7. The SMILES string of the molecule is Cc1cccc(N2C(=O)C(c3ccc(Cl)cc3Cl)=C(N3CC(C)CC(C)C3)C2=O)c1C. The molecule has 0 aromatic heterocycles. The molecule has 2 aromatic carbocycles. The number of hydrogen-bond acceptors (Lipinski definition) is 3. The fraction of sp³-hybridized carbons (Fsp3) is 0.360. The first-order valence-electron chi connectivity index (χ1n) is 10.6. The van der Waals surface area contributed by atoms with Crippen molar-refractivity contribution in [2.24, 2.45) is 11.8 Å². The molecule has 4 rings (SSSR count). The van der Waals surface area contributed by atoms with Crippen LogP contribution in [0.1, 0.15) is 37.0 Å². The molecule has 0 aliphatic carbocycles. The molecule has 0 radical (unpaired) electrons. The van der Waals surface area contributed by atoms with Gasteiger partial charge in [-0.2, -0.15) is 0 Å². The minimum atomic E-state index is -0.344. The smallest absolute Gasteiger partial charge is 0.282 e. The molecule has 1 fully saturated rings. The Labute approximate surface area is 193 Å². The Morgan fingerprint density at radius 3 is 2.26 bits per heavy atom. The average Bonchev–Trinajstić information content (AvgIpc) is 2.94. The monoisotopic (exact) mass is 456 g/mol. The van der Waals surface area contributed by atoms with E-state index in [1.807, 2.05) is 32.0 Å². The van der Waals surface area contributed by atoms with Gasteiger partial charge >= 0.3 is 0 Å². The Morgan fingerprint density at radius 2 is 1.61 bits per heavy atom. The number of aryl methyl sites for hydroxylation is 1. The number of amides is 2. The molecule has 1 saturated heterocycles. The second kappa shape index (κ2) is 8.33. The minimum absolute atomic E-state index is 0.291. The normalized spacial score (nSPS) is 22.0. The highest BCUT2D eigenvalue weighted by Crippen LogP contribution is 2.40. The van der Waals surface area contributed by atoms with Gasteiger partial charge in [0.1, 0.15) is 5.70 Å². The van der Waals surface area contributed by atoms with Crippen molar-refractivity contribution in [3.63, 3.8) is 0 Å². The number of hydrogen-bond donors (Lipinski definition) is 0. The molecular formula is C25H26Cl2N2O2. The maximum Gasteiger partial charge on any atom is 0.282 e. The van der Waals surface area contributed by atoms with Gasteiger partial charge in [0.25, 0.3) is 11.8 Å². The van der Waals surface area contributed by atoms with Gasteiger partial charge in [0.15, 0.2) is 0 Å². The summed E-state index contributed by atoms with van der Waals surface area (Å²) in [5, 5.41) is 0.848. The van der Waals surface area contributed by atoms with Crippen molar-refractivity contribution >= 4 is 46.3 Å². The number of piperidine rings is 1. The van der Waals surface area contributed by atoms with E-state index in [2.05, 4.69) is 18.7 Å². The highest BCUT2D eigenvalue weighted by molar-refractivity contribution is 6.47. The predicted molar refractivity (Wildman–Crippen MR) is 126 cm³/mol. The molecule has 0 N–H and O–H groups in total. The zero-order chi connectivity index (χ0) is 22.4. The van der Waals surface area contributed by atoms with E-state index in [0.717, 1.165) is 30.6 Å². The van der Waals surface area contributed by atoms with Crippen molar-refractivity contribution in [1.82, 2.24) is 4.90 Å². The second-order valence-corrected chi connectivity index (χ2v) is 9.71. The highest BCUT2D eigenvalue weighted by atomic mass is 35.5. The van der Waals surface area contributed by atoms with Gasteiger partial charge in [-0.05, 0) is 61.4 Å². The van der Waals surface area contributed by atoms with E-state index < -0.39 is 0 Å². The highest BCUT2D eigenvalue weighted by Gasteiger charge is 2.44. The Morgan fingerprint density at radius 1 is 0.935 bits per heavy atom. The van der Waals surface area contributed by atoms with E-state index in [9.17, 15) is 9.59 Å². The lowest BCUT2D eigenvalue weighted by Crippen LogP contribution is -2.42. The molecule has 2 amide bonds. The minimum Gasteiger partial charge on any atom is -0.366 e. The van der Waals surface area contributed by atoms with E-state index in [1.54, 1.807) is 18.2 Å². The van der Waals surface area contributed by atoms with Crippen LogP contribution in [0.5, 0.6) is 0 Å². The van der Waals surface area contributed by atoms with Crippen LogP contribution in [0.2, 0.25) is 10.0 Å². The van der Waals surface area contributed by atoms with Gasteiger partial charge in [-0.15, -0.1) is 0 Å². The van der Waals surface area contributed by atoms with Crippen LogP contribution in [0.15, 0.2) is 42.1 Å². The van der Waals surface area contributed by atoms with E-state index in [1.165, 1.54) is 4.90 Å². The lowest BCUT2D eigenvalue weighted by Gasteiger charge is -2.37. The zero-order valence-corrected chi connectivity index (χ0v) is 19.7. The Bertz CT molecular complexity index is 1100. The zero-order valence-electron chi connectivity index (χ0n) is 18.2. The van der Waals surface area contributed by atoms with Crippen molar-refractivity contribution in [3.05, 3.63) is 68.8 Å². The summed E-state index contributed by atoms with van der Waals surface area (Å²) >= 11 is 12.6. The van der Waals surface area contributed by atoms with Crippen LogP contribution < -0.4 is 4.90 Å². The largest absolute Gasteiger partial charge is 0.366 e. The summed E-state index contributed by atoms with van der Waals surface area (Å²) in [5.41, 5.74) is 3.89. The lowest BCUT2D eigenvalue weighted by atomic mass is 9.91. The van der Waals surface area contributed by atoms with E-state index in [-0.39, 0.29) is 11.8 Å². The van der Waals surface area contributed by atoms with Crippen LogP contribution in [0.25, 0.3) is 5.57 Å². The molecule has 2 aliphatic heterocycles. The Balaban J connectivity index is 1.90. The van der Waals surface area contributed by atoms with Gasteiger partial charge in [0.05, 0.1) is 16.3 Å². The number of benzene rings is 2. The number of carbonyl (C=O) groups excluding carboxylic acids is 2. The summed E-state index contributed by atoms with van der Waals surface area (Å²) in [7, 11) is 0. The topological polar surface area (TPSA) is 40.6 Å². The summed E-state index contributed by atoms with van der Waals surface area (Å²) in [6.45, 7) is 9.73. The second-order valence-electron chi connectivity index (χ2n) is 8.86. The number of likely N-dealkylation sites (tertiary alicyclic amines) is 1. The van der Waals surface area contributed by atoms with E-state index >= 15 is 0 Å². The number of halogens is 2. The van der Waals surface area contributed by atoms with Gasteiger partial charge in [-0.1, -0.05) is 55.2 Å². The molecule has 4 nitrogen and oxygen atoms in total. The average molecular weight is 457 g/mol. The molecule has 31 heavy (non-hydrogen) atoms. The molecule has 2 atom stereocenters. The standard InChI is InChI=1S/C25H26Cl2N2O2/c1-14-10-15(2)13-28(12-14)23-22(19-9-8-18(26)11-20(19)27)24(30)29(25(23)31)21-7-5-6-16(3)17(21)4/h5-9,11,14-15H,10,12-13H2,1-4H3. The first-order valence-corrected chi connectivity index (χ1v) is 11.3. The molecule has 0 spiro atoms. The first kappa shape index (κ1) is 21.9. The van der Waals surface area contributed by atoms with Crippen molar-refractivity contribution in [2.45, 2.75) is 34.1 Å². The number of rotatable bonds is 3. The number of imide groups is 1. The van der Waals surface area contributed by atoms with Crippen LogP contribution in [0, 0.1) is 25.7 Å². The molecule has 2 heterocycles. The molecule has 0 saturated carbocycles. The van der Waals surface area contributed by atoms with Gasteiger partial charge in [0, 0.05) is 23.7 Å². The van der Waals surface area contributed by atoms with Gasteiger partial charge in [-0.25, -0.2) is 4.90 Å². The summed E-state index contributed by atoms with van der Waals surface area (Å²) in [6.07, 6.45) is 1.10. The number of nitrogens with zero attached hydrogens (tertiary/aromatic N) is 2. The Hall–Kier alpha value is -2.30. The molecule has 2 aliphatic rings.